The van der Waals surface area contributed by atoms with Gasteiger partial charge in [0.15, 0.2) is 6.23 Å². The summed E-state index contributed by atoms with van der Waals surface area (Å²) < 4.78 is 0. The second kappa shape index (κ2) is 6.72. The number of carbonyl (C=O) groups is 1. The summed E-state index contributed by atoms with van der Waals surface area (Å²) in [6.45, 7) is 2.24. The highest BCUT2D eigenvalue weighted by Crippen LogP contribution is 2.35. The highest BCUT2D eigenvalue weighted by Gasteiger charge is 2.29. The second-order valence-corrected chi connectivity index (χ2v) is 7.16. The van der Waals surface area contributed by atoms with Crippen LogP contribution in [0, 0.1) is 6.92 Å². The SMILES string of the molecule is Cc1cc(-c2n[nH]c3cc4c(cc23)CN(C(O)c2ccccc2)C(=O)N4)ccn1. The molecule has 29 heavy (non-hydrogen) atoms. The highest BCUT2D eigenvalue weighted by molar-refractivity contribution is 6.00. The molecule has 7 nitrogen and oxygen atoms in total. The summed E-state index contributed by atoms with van der Waals surface area (Å²) in [7, 11) is 0. The molecule has 0 saturated carbocycles. The molecule has 5 rings (SSSR count). The average molecular weight is 385 g/mol. The third kappa shape index (κ3) is 3.01. The van der Waals surface area contributed by atoms with E-state index in [1.54, 1.807) is 18.3 Å². The molecule has 1 atom stereocenters. The Kier molecular flexibility index (Phi) is 4.03. The number of nitrogens with one attached hydrogen (secondary N) is 2. The molecule has 7 heteroatoms. The first-order chi connectivity index (χ1) is 14.1. The average Bonchev–Trinajstić information content (AvgIpc) is 3.14. The minimum Gasteiger partial charge on any atom is -0.369 e. The first kappa shape index (κ1) is 17.4. The van der Waals surface area contributed by atoms with E-state index >= 15 is 0 Å². The maximum atomic E-state index is 12.6. The van der Waals surface area contributed by atoms with Crippen molar-refractivity contribution in [1.29, 1.82) is 0 Å². The van der Waals surface area contributed by atoms with Crippen molar-refractivity contribution in [1.82, 2.24) is 20.1 Å². The van der Waals surface area contributed by atoms with E-state index in [-0.39, 0.29) is 6.03 Å². The van der Waals surface area contributed by atoms with Crippen LogP contribution in [0.2, 0.25) is 0 Å². The molecule has 2 amide bonds. The Hall–Kier alpha value is -3.71. The molecule has 0 bridgehead atoms. The van der Waals surface area contributed by atoms with Crippen molar-refractivity contribution in [3.05, 3.63) is 77.6 Å². The van der Waals surface area contributed by atoms with Gasteiger partial charge in [-0.2, -0.15) is 5.10 Å². The van der Waals surface area contributed by atoms with Gasteiger partial charge in [0.05, 0.1) is 12.1 Å². The standard InChI is InChI=1S/C22H19N5O2/c1-13-9-15(7-8-23-13)20-17-10-16-12-27(21(28)14-5-3-2-4-6-14)22(29)24-18(16)11-19(17)25-26-20/h2-11,21,28H,12H2,1H3,(H,24,29)(H,25,26). The first-order valence-corrected chi connectivity index (χ1v) is 9.35. The topological polar surface area (TPSA) is 94.1 Å². The monoisotopic (exact) mass is 385 g/mol. The van der Waals surface area contributed by atoms with Crippen LogP contribution in [0.3, 0.4) is 0 Å². The van der Waals surface area contributed by atoms with Crippen LogP contribution in [0.4, 0.5) is 10.5 Å². The molecule has 0 aliphatic carbocycles. The predicted octanol–water partition coefficient (Wildman–Crippen LogP) is 3.97. The lowest BCUT2D eigenvalue weighted by molar-refractivity contribution is 0.0277. The Morgan fingerprint density at radius 1 is 1.14 bits per heavy atom. The van der Waals surface area contributed by atoms with E-state index in [4.69, 9.17) is 0 Å². The van der Waals surface area contributed by atoms with Crippen molar-refractivity contribution in [3.63, 3.8) is 0 Å². The number of rotatable bonds is 3. The summed E-state index contributed by atoms with van der Waals surface area (Å²) in [6, 6.07) is 16.6. The number of aryl methyl sites for hydroxylation is 1. The number of hydrogen-bond acceptors (Lipinski definition) is 4. The summed E-state index contributed by atoms with van der Waals surface area (Å²) in [5.74, 6) is 0. The number of pyridine rings is 1. The van der Waals surface area contributed by atoms with Crippen molar-refractivity contribution in [3.8, 4) is 11.3 Å². The molecule has 1 aliphatic rings. The number of nitrogens with zero attached hydrogens (tertiary/aromatic N) is 3. The summed E-state index contributed by atoms with van der Waals surface area (Å²) in [5, 5.41) is 22.1. The molecule has 3 heterocycles. The normalized spacial score (nSPS) is 14.6. The summed E-state index contributed by atoms with van der Waals surface area (Å²) in [5.41, 5.74) is 5.88. The smallest absolute Gasteiger partial charge is 0.324 e. The van der Waals surface area contributed by atoms with Gasteiger partial charge in [-0.3, -0.25) is 15.0 Å². The van der Waals surface area contributed by atoms with Crippen LogP contribution in [0.1, 0.15) is 23.0 Å². The zero-order chi connectivity index (χ0) is 20.0. The zero-order valence-electron chi connectivity index (χ0n) is 15.8. The van der Waals surface area contributed by atoms with E-state index in [0.717, 1.165) is 39.1 Å². The minimum absolute atomic E-state index is 0.299. The largest absolute Gasteiger partial charge is 0.369 e. The molecular weight excluding hydrogens is 366 g/mol. The molecule has 1 aliphatic heterocycles. The lowest BCUT2D eigenvalue weighted by Gasteiger charge is -2.33. The number of aromatic nitrogens is 3. The predicted molar refractivity (Wildman–Crippen MR) is 110 cm³/mol. The van der Waals surface area contributed by atoms with Gasteiger partial charge in [0, 0.05) is 34.1 Å². The molecule has 0 saturated heterocycles. The Morgan fingerprint density at radius 3 is 2.76 bits per heavy atom. The number of hydrogen-bond donors (Lipinski definition) is 3. The van der Waals surface area contributed by atoms with E-state index in [9.17, 15) is 9.90 Å². The van der Waals surface area contributed by atoms with Gasteiger partial charge in [0.2, 0.25) is 0 Å². The second-order valence-electron chi connectivity index (χ2n) is 7.16. The van der Waals surface area contributed by atoms with E-state index in [1.165, 1.54) is 4.90 Å². The van der Waals surface area contributed by atoms with Crippen LogP contribution in [-0.2, 0) is 6.54 Å². The Bertz CT molecular complexity index is 1220. The molecule has 0 radical (unpaired) electrons. The van der Waals surface area contributed by atoms with Crippen molar-refractivity contribution in [2.75, 3.05) is 5.32 Å². The highest BCUT2D eigenvalue weighted by atomic mass is 16.3. The fraction of sp³-hybridized carbons (Fsp3) is 0.136. The lowest BCUT2D eigenvalue weighted by Crippen LogP contribution is -2.41. The van der Waals surface area contributed by atoms with Crippen molar-refractivity contribution in [2.45, 2.75) is 19.7 Å². The van der Waals surface area contributed by atoms with Crippen LogP contribution in [0.5, 0.6) is 0 Å². The number of amides is 2. The summed E-state index contributed by atoms with van der Waals surface area (Å²) in [6.07, 6.45) is 0.744. The third-order valence-corrected chi connectivity index (χ3v) is 5.19. The summed E-state index contributed by atoms with van der Waals surface area (Å²) in [4.78, 5) is 18.3. The van der Waals surface area contributed by atoms with Gasteiger partial charge in [-0.25, -0.2) is 4.79 Å². The number of aromatic amines is 1. The van der Waals surface area contributed by atoms with Gasteiger partial charge in [-0.05, 0) is 36.8 Å². The number of benzene rings is 2. The van der Waals surface area contributed by atoms with Crippen molar-refractivity contribution >= 4 is 22.6 Å². The van der Waals surface area contributed by atoms with Crippen molar-refractivity contribution in [2.24, 2.45) is 0 Å². The fourth-order valence-electron chi connectivity index (χ4n) is 3.71. The molecule has 0 spiro atoms. The molecule has 0 fully saturated rings. The van der Waals surface area contributed by atoms with Gasteiger partial charge in [-0.15, -0.1) is 0 Å². The Balaban J connectivity index is 1.55. The van der Waals surface area contributed by atoms with Crippen LogP contribution < -0.4 is 5.32 Å². The minimum atomic E-state index is -1.02. The quantitative estimate of drug-likeness (QED) is 0.497. The molecule has 144 valence electrons. The van der Waals surface area contributed by atoms with Gasteiger partial charge in [-0.1, -0.05) is 30.3 Å². The zero-order valence-corrected chi connectivity index (χ0v) is 15.8. The molecule has 1 unspecified atom stereocenters. The van der Waals surface area contributed by atoms with Crippen molar-refractivity contribution < 1.29 is 9.90 Å². The van der Waals surface area contributed by atoms with E-state index < -0.39 is 6.23 Å². The number of H-pyrrole nitrogens is 1. The number of aliphatic hydroxyl groups excluding tert-OH is 1. The van der Waals surface area contributed by atoms with E-state index in [0.29, 0.717) is 12.1 Å². The molecule has 3 N–H and O–H groups in total. The van der Waals surface area contributed by atoms with E-state index in [1.807, 2.05) is 49.4 Å². The number of urea groups is 1. The first-order valence-electron chi connectivity index (χ1n) is 9.35. The van der Waals surface area contributed by atoms with Gasteiger partial charge in [0.25, 0.3) is 0 Å². The van der Waals surface area contributed by atoms with Crippen LogP contribution in [0.15, 0.2) is 60.8 Å². The van der Waals surface area contributed by atoms with Gasteiger partial charge < -0.3 is 10.4 Å². The van der Waals surface area contributed by atoms with E-state index in [2.05, 4.69) is 20.5 Å². The number of fused-ring (bicyclic) bond motifs is 2. The van der Waals surface area contributed by atoms with Crippen LogP contribution >= 0.6 is 0 Å². The van der Waals surface area contributed by atoms with Crippen LogP contribution in [-0.4, -0.2) is 31.2 Å². The summed E-state index contributed by atoms with van der Waals surface area (Å²) >= 11 is 0. The Morgan fingerprint density at radius 2 is 1.97 bits per heavy atom. The molecular formula is C22H19N5O2. The molecule has 2 aromatic carbocycles. The third-order valence-electron chi connectivity index (χ3n) is 5.19. The van der Waals surface area contributed by atoms with Gasteiger partial charge in [0.1, 0.15) is 5.69 Å². The number of aliphatic hydroxyl groups is 1. The maximum absolute atomic E-state index is 12.6. The lowest BCUT2D eigenvalue weighted by atomic mass is 10.0. The molecule has 2 aromatic heterocycles. The van der Waals surface area contributed by atoms with Gasteiger partial charge >= 0.3 is 6.03 Å². The Labute approximate surface area is 167 Å². The van der Waals surface area contributed by atoms with Crippen LogP contribution in [0.25, 0.3) is 22.2 Å². The fourth-order valence-corrected chi connectivity index (χ4v) is 3.71. The number of anilines is 1. The maximum Gasteiger partial charge on any atom is 0.324 e. The molecule has 4 aromatic rings. The number of carbonyl (C=O) groups excluding carboxylic acids is 1.